The number of benzene rings is 2. The normalized spacial score (nSPS) is 9.77. The molecule has 0 aromatic heterocycles. The van der Waals surface area contributed by atoms with Crippen LogP contribution < -0.4 is 15.0 Å². The highest BCUT2D eigenvalue weighted by atomic mass is 35.5. The van der Waals surface area contributed by atoms with Crippen LogP contribution in [0.15, 0.2) is 42.5 Å². The van der Waals surface area contributed by atoms with Crippen molar-refractivity contribution in [2.75, 3.05) is 23.9 Å². The Morgan fingerprint density at radius 1 is 1.19 bits per heavy atom. The second-order valence-corrected chi connectivity index (χ2v) is 5.67. The standard InChI is InChI=1S/C17H13Cl2N3O4/c1-25-16(23)21-11-3-2-4-13(9-11)26-17(24)22(8-7-20)12-5-6-14(18)15(19)10-12/h2-6,9-10H,8H2,1H3,(H,21,23). The number of nitriles is 1. The molecule has 0 radical (unpaired) electrons. The number of carbonyl (C=O) groups is 2. The van der Waals surface area contributed by atoms with Crippen molar-refractivity contribution < 1.29 is 19.1 Å². The van der Waals surface area contributed by atoms with Gasteiger partial charge in [-0.25, -0.2) is 9.59 Å². The molecule has 0 heterocycles. The van der Waals surface area contributed by atoms with Crippen LogP contribution in [0.2, 0.25) is 10.0 Å². The SMILES string of the molecule is COC(=O)Nc1cccc(OC(=O)N(CC#N)c2ccc(Cl)c(Cl)c2)c1. The van der Waals surface area contributed by atoms with Crippen LogP contribution in [-0.4, -0.2) is 25.8 Å². The lowest BCUT2D eigenvalue weighted by molar-refractivity contribution is 0.187. The van der Waals surface area contributed by atoms with Gasteiger partial charge < -0.3 is 9.47 Å². The van der Waals surface area contributed by atoms with Crippen LogP contribution in [0.3, 0.4) is 0 Å². The molecule has 1 N–H and O–H groups in total. The average Bonchev–Trinajstić information content (AvgIpc) is 2.62. The largest absolute Gasteiger partial charge is 0.453 e. The molecule has 0 aliphatic heterocycles. The van der Waals surface area contributed by atoms with E-state index in [0.29, 0.717) is 16.4 Å². The van der Waals surface area contributed by atoms with E-state index in [4.69, 9.17) is 33.2 Å². The second kappa shape index (κ2) is 8.94. The minimum absolute atomic E-state index is 0.173. The molecule has 2 rings (SSSR count). The molecule has 0 spiro atoms. The summed E-state index contributed by atoms with van der Waals surface area (Å²) in [5.41, 5.74) is 0.735. The number of halogens is 2. The lowest BCUT2D eigenvalue weighted by Gasteiger charge is -2.19. The molecule has 0 atom stereocenters. The minimum Gasteiger partial charge on any atom is -0.453 e. The number of ether oxygens (including phenoxy) is 2. The van der Waals surface area contributed by atoms with Gasteiger partial charge in [-0.3, -0.25) is 10.2 Å². The molecule has 2 aromatic carbocycles. The van der Waals surface area contributed by atoms with Gasteiger partial charge >= 0.3 is 12.2 Å². The zero-order valence-corrected chi connectivity index (χ0v) is 15.0. The molecular weight excluding hydrogens is 381 g/mol. The molecule has 2 amide bonds. The summed E-state index contributed by atoms with van der Waals surface area (Å²) in [4.78, 5) is 24.8. The van der Waals surface area contributed by atoms with Gasteiger partial charge in [0.05, 0.1) is 23.2 Å². The van der Waals surface area contributed by atoms with E-state index in [1.54, 1.807) is 18.2 Å². The van der Waals surface area contributed by atoms with Gasteiger partial charge in [-0.15, -0.1) is 0 Å². The summed E-state index contributed by atoms with van der Waals surface area (Å²) in [7, 11) is 1.23. The third-order valence-corrected chi connectivity index (χ3v) is 3.87. The summed E-state index contributed by atoms with van der Waals surface area (Å²) in [5.74, 6) is 0.173. The molecule has 0 fully saturated rings. The fraction of sp³-hybridized carbons (Fsp3) is 0.118. The number of anilines is 2. The van der Waals surface area contributed by atoms with Crippen LogP contribution >= 0.6 is 23.2 Å². The van der Waals surface area contributed by atoms with Gasteiger partial charge in [0.25, 0.3) is 0 Å². The Morgan fingerprint density at radius 3 is 2.62 bits per heavy atom. The van der Waals surface area contributed by atoms with E-state index in [2.05, 4.69) is 10.1 Å². The van der Waals surface area contributed by atoms with Crippen LogP contribution in [-0.2, 0) is 4.74 Å². The molecule has 134 valence electrons. The molecule has 0 saturated heterocycles. The first-order valence-corrected chi connectivity index (χ1v) is 7.96. The lowest BCUT2D eigenvalue weighted by Crippen LogP contribution is -2.34. The fourth-order valence-corrected chi connectivity index (χ4v) is 2.24. The highest BCUT2D eigenvalue weighted by Crippen LogP contribution is 2.28. The van der Waals surface area contributed by atoms with Crippen molar-refractivity contribution in [2.45, 2.75) is 0 Å². The molecule has 0 unspecified atom stereocenters. The van der Waals surface area contributed by atoms with Gasteiger partial charge in [-0.05, 0) is 30.3 Å². The third-order valence-electron chi connectivity index (χ3n) is 3.14. The van der Waals surface area contributed by atoms with E-state index in [1.165, 1.54) is 31.4 Å². The van der Waals surface area contributed by atoms with Crippen LogP contribution in [0.1, 0.15) is 0 Å². The number of nitrogens with zero attached hydrogens (tertiary/aromatic N) is 2. The van der Waals surface area contributed by atoms with Gasteiger partial charge in [0.2, 0.25) is 0 Å². The Hall–Kier alpha value is -2.95. The quantitative estimate of drug-likeness (QED) is 0.759. The Balaban J connectivity index is 2.20. The second-order valence-electron chi connectivity index (χ2n) is 4.86. The van der Waals surface area contributed by atoms with Gasteiger partial charge in [0.1, 0.15) is 12.3 Å². The van der Waals surface area contributed by atoms with Crippen molar-refractivity contribution in [1.82, 2.24) is 0 Å². The maximum Gasteiger partial charge on any atom is 0.420 e. The van der Waals surface area contributed by atoms with Crippen molar-refractivity contribution in [3.63, 3.8) is 0 Å². The maximum absolute atomic E-state index is 12.5. The van der Waals surface area contributed by atoms with Crippen molar-refractivity contribution in [3.05, 3.63) is 52.5 Å². The van der Waals surface area contributed by atoms with Crippen molar-refractivity contribution in [2.24, 2.45) is 0 Å². The molecular formula is C17H13Cl2N3O4. The number of hydrogen-bond donors (Lipinski definition) is 1. The smallest absolute Gasteiger partial charge is 0.420 e. The van der Waals surface area contributed by atoms with Gasteiger partial charge in [0, 0.05) is 17.4 Å². The number of nitrogens with one attached hydrogen (secondary N) is 1. The summed E-state index contributed by atoms with van der Waals surface area (Å²) >= 11 is 11.8. The van der Waals surface area contributed by atoms with E-state index in [0.717, 1.165) is 4.90 Å². The van der Waals surface area contributed by atoms with E-state index in [1.807, 2.05) is 6.07 Å². The predicted molar refractivity (Wildman–Crippen MR) is 97.9 cm³/mol. The van der Waals surface area contributed by atoms with Crippen LogP contribution in [0, 0.1) is 11.3 Å². The highest BCUT2D eigenvalue weighted by molar-refractivity contribution is 6.42. The summed E-state index contributed by atoms with van der Waals surface area (Å²) in [5, 5.41) is 12.0. The number of amides is 2. The third kappa shape index (κ3) is 5.02. The molecule has 0 aliphatic rings. The summed E-state index contributed by atoms with van der Waals surface area (Å²) < 4.78 is 9.78. The highest BCUT2D eigenvalue weighted by Gasteiger charge is 2.19. The molecule has 0 saturated carbocycles. The summed E-state index contributed by atoms with van der Waals surface area (Å²) in [6.45, 7) is -0.253. The van der Waals surface area contributed by atoms with E-state index in [-0.39, 0.29) is 17.3 Å². The minimum atomic E-state index is -0.792. The van der Waals surface area contributed by atoms with E-state index >= 15 is 0 Å². The Morgan fingerprint density at radius 2 is 1.96 bits per heavy atom. The van der Waals surface area contributed by atoms with E-state index in [9.17, 15) is 9.59 Å². The van der Waals surface area contributed by atoms with Crippen molar-refractivity contribution in [3.8, 4) is 11.8 Å². The number of rotatable bonds is 4. The van der Waals surface area contributed by atoms with Gasteiger partial charge in [-0.2, -0.15) is 5.26 Å². The average molecular weight is 394 g/mol. The zero-order valence-electron chi connectivity index (χ0n) is 13.5. The molecule has 0 bridgehead atoms. The first kappa shape index (κ1) is 19.4. The first-order valence-electron chi connectivity index (χ1n) is 7.21. The van der Waals surface area contributed by atoms with E-state index < -0.39 is 12.2 Å². The summed E-state index contributed by atoms with van der Waals surface area (Å²) in [6, 6.07) is 12.5. The Bertz CT molecular complexity index is 867. The number of carbonyl (C=O) groups excluding carboxylic acids is 2. The predicted octanol–water partition coefficient (Wildman–Crippen LogP) is 4.70. The molecule has 26 heavy (non-hydrogen) atoms. The van der Waals surface area contributed by atoms with Gasteiger partial charge in [-0.1, -0.05) is 29.3 Å². The van der Waals surface area contributed by atoms with Crippen molar-refractivity contribution >= 4 is 46.8 Å². The fourth-order valence-electron chi connectivity index (χ4n) is 1.95. The van der Waals surface area contributed by atoms with Crippen LogP contribution in [0.4, 0.5) is 21.0 Å². The number of hydrogen-bond acceptors (Lipinski definition) is 5. The Kier molecular flexibility index (Phi) is 6.67. The molecule has 0 aliphatic carbocycles. The van der Waals surface area contributed by atoms with Crippen LogP contribution in [0.25, 0.3) is 0 Å². The zero-order chi connectivity index (χ0) is 19.1. The Labute approximate surface area is 159 Å². The van der Waals surface area contributed by atoms with Gasteiger partial charge in [0.15, 0.2) is 0 Å². The maximum atomic E-state index is 12.5. The first-order chi connectivity index (χ1) is 12.4. The summed E-state index contributed by atoms with van der Waals surface area (Å²) in [6.07, 6.45) is -1.45. The number of methoxy groups -OCH3 is 1. The molecule has 2 aromatic rings. The molecule has 9 heteroatoms. The lowest BCUT2D eigenvalue weighted by atomic mass is 10.3. The van der Waals surface area contributed by atoms with Crippen molar-refractivity contribution in [1.29, 1.82) is 5.26 Å². The monoisotopic (exact) mass is 393 g/mol. The topological polar surface area (TPSA) is 91.7 Å². The van der Waals surface area contributed by atoms with Crippen LogP contribution in [0.5, 0.6) is 5.75 Å². The molecule has 7 nitrogen and oxygen atoms in total.